The molecule has 0 aliphatic carbocycles. The van der Waals surface area contributed by atoms with Crippen LogP contribution in [0.15, 0.2) is 42.7 Å². The third-order valence-electron chi connectivity index (χ3n) is 7.04. The van der Waals surface area contributed by atoms with Crippen LogP contribution in [-0.2, 0) is 22.3 Å². The lowest BCUT2D eigenvalue weighted by Gasteiger charge is -2.29. The van der Waals surface area contributed by atoms with Crippen LogP contribution in [0.3, 0.4) is 0 Å². The summed E-state index contributed by atoms with van der Waals surface area (Å²) in [5.74, 6) is -0.519. The van der Waals surface area contributed by atoms with Crippen LogP contribution < -0.4 is 11.1 Å². The van der Waals surface area contributed by atoms with Gasteiger partial charge < -0.3 is 20.5 Å². The average molecular weight is 546 g/mol. The smallest absolute Gasteiger partial charge is 0.383 e. The Morgan fingerprint density at radius 1 is 1.18 bits per heavy atom. The van der Waals surface area contributed by atoms with Gasteiger partial charge in [0.1, 0.15) is 41.3 Å². The third-order valence-corrected chi connectivity index (χ3v) is 7.25. The van der Waals surface area contributed by atoms with Gasteiger partial charge in [-0.25, -0.2) is 15.0 Å². The Hall–Kier alpha value is -3.93. The highest BCUT2D eigenvalue weighted by atomic mass is 35.5. The van der Waals surface area contributed by atoms with E-state index in [1.54, 1.807) is 18.2 Å². The van der Waals surface area contributed by atoms with Crippen molar-refractivity contribution in [2.75, 3.05) is 11.1 Å². The number of nitrogens with zero attached hydrogens (tertiary/aromatic N) is 5. The number of anilines is 2. The minimum absolute atomic E-state index is 0.0000348. The number of fused-ring (bicyclic) bond motifs is 3. The maximum absolute atomic E-state index is 13.7. The summed E-state index contributed by atoms with van der Waals surface area (Å²) in [5.41, 5.74) is 5.74. The van der Waals surface area contributed by atoms with E-state index in [0.717, 1.165) is 12.1 Å². The number of aromatic nitrogens is 4. The summed E-state index contributed by atoms with van der Waals surface area (Å²) in [6.45, 7) is 3.54. The summed E-state index contributed by atoms with van der Waals surface area (Å²) < 4.78 is 41.8. The number of hydrogen-bond donors (Lipinski definition) is 2. The molecule has 1 aliphatic heterocycles. The van der Waals surface area contributed by atoms with E-state index in [0.29, 0.717) is 11.9 Å². The molecule has 0 radical (unpaired) electrons. The maximum atomic E-state index is 13.7. The number of nitrogen functional groups attached to an aromatic ring is 1. The number of nitrogens with two attached hydrogens (primary N) is 1. The fraction of sp³-hybridized carbons (Fsp3) is 0.320. The van der Waals surface area contributed by atoms with Crippen molar-refractivity contribution in [2.45, 2.75) is 45.1 Å². The van der Waals surface area contributed by atoms with Gasteiger partial charge in [-0.1, -0.05) is 24.6 Å². The molecule has 4 aromatic rings. The fourth-order valence-corrected chi connectivity index (χ4v) is 5.20. The molecule has 0 saturated carbocycles. The number of likely N-dealkylation sites (tertiary alicyclic amines) is 1. The lowest BCUT2D eigenvalue weighted by Crippen LogP contribution is -2.47. The molecule has 38 heavy (non-hydrogen) atoms. The predicted octanol–water partition coefficient (Wildman–Crippen LogP) is 4.50. The van der Waals surface area contributed by atoms with Crippen molar-refractivity contribution in [3.05, 3.63) is 53.4 Å². The van der Waals surface area contributed by atoms with Gasteiger partial charge in [-0.2, -0.15) is 13.2 Å². The van der Waals surface area contributed by atoms with Crippen LogP contribution in [0.2, 0.25) is 5.15 Å². The summed E-state index contributed by atoms with van der Waals surface area (Å²) in [6.07, 6.45) is -2.95. The molecule has 1 aromatic carbocycles. The Morgan fingerprint density at radius 2 is 1.95 bits per heavy atom. The van der Waals surface area contributed by atoms with Crippen LogP contribution >= 0.6 is 11.6 Å². The first-order chi connectivity index (χ1) is 18.0. The van der Waals surface area contributed by atoms with Crippen molar-refractivity contribution in [2.24, 2.45) is 5.92 Å². The molecule has 198 valence electrons. The van der Waals surface area contributed by atoms with E-state index in [1.807, 2.05) is 13.8 Å². The van der Waals surface area contributed by atoms with Gasteiger partial charge in [0.2, 0.25) is 11.8 Å². The van der Waals surface area contributed by atoms with Crippen LogP contribution in [0.4, 0.5) is 24.8 Å². The van der Waals surface area contributed by atoms with Crippen LogP contribution in [0.25, 0.3) is 21.9 Å². The van der Waals surface area contributed by atoms with E-state index in [-0.39, 0.29) is 51.7 Å². The van der Waals surface area contributed by atoms with E-state index in [1.165, 1.54) is 21.9 Å². The summed E-state index contributed by atoms with van der Waals surface area (Å²) in [4.78, 5) is 40.7. The van der Waals surface area contributed by atoms with Crippen molar-refractivity contribution in [1.82, 2.24) is 24.4 Å². The van der Waals surface area contributed by atoms with Crippen LogP contribution in [0, 0.1) is 5.92 Å². The zero-order chi connectivity index (χ0) is 27.4. The van der Waals surface area contributed by atoms with E-state index in [2.05, 4.69) is 20.3 Å². The first kappa shape index (κ1) is 25.7. The van der Waals surface area contributed by atoms with E-state index >= 15 is 0 Å². The molecule has 1 saturated heterocycles. The third kappa shape index (κ3) is 4.49. The second kappa shape index (κ2) is 9.43. The molecule has 9 nitrogen and oxygen atoms in total. The number of hydrogen-bond acceptors (Lipinski definition) is 6. The molecule has 0 spiro atoms. The minimum Gasteiger partial charge on any atom is -0.383 e. The van der Waals surface area contributed by atoms with Gasteiger partial charge in [0.05, 0.1) is 16.5 Å². The number of rotatable bonds is 4. The molecule has 3 N–H and O–H groups in total. The predicted molar refractivity (Wildman–Crippen MR) is 136 cm³/mol. The quantitative estimate of drug-likeness (QED) is 0.365. The van der Waals surface area contributed by atoms with Gasteiger partial charge in [-0.05, 0) is 49.6 Å². The molecule has 0 bridgehead atoms. The van der Waals surface area contributed by atoms with Crippen LogP contribution in [-0.4, -0.2) is 48.3 Å². The number of benzene rings is 1. The lowest BCUT2D eigenvalue weighted by atomic mass is 10.0. The lowest BCUT2D eigenvalue weighted by molar-refractivity contribution is -0.139. The molecule has 1 fully saturated rings. The highest BCUT2D eigenvalue weighted by molar-refractivity contribution is 6.29. The van der Waals surface area contributed by atoms with Crippen molar-refractivity contribution in [3.63, 3.8) is 0 Å². The van der Waals surface area contributed by atoms with Gasteiger partial charge in [-0.15, -0.1) is 0 Å². The van der Waals surface area contributed by atoms with E-state index in [9.17, 15) is 22.8 Å². The molecule has 2 amide bonds. The standard InChI is InChI=1S/C25H23ClF3N7O2/c1-12-8-17(24(38)34-19-5-3-4-18(26)33-19)36(13(12)2)20(37)10-35-16-7-6-14(25(27,28)29)9-15(16)21-22(30)31-11-32-23(21)35/h3-7,9,11-13,17H,8,10H2,1-2H3,(H2,30,31,32)(H,33,34,38)/t12-,13+,17-/m0/s1. The minimum atomic E-state index is -4.57. The molecule has 3 atom stereocenters. The second-order valence-corrected chi connectivity index (χ2v) is 9.77. The molecular formula is C25H23ClF3N7O2. The number of halogens is 4. The highest BCUT2D eigenvalue weighted by Gasteiger charge is 2.43. The highest BCUT2D eigenvalue weighted by Crippen LogP contribution is 2.37. The van der Waals surface area contributed by atoms with Crippen LogP contribution in [0.1, 0.15) is 25.8 Å². The van der Waals surface area contributed by atoms with Gasteiger partial charge in [-0.3, -0.25) is 9.59 Å². The first-order valence-corrected chi connectivity index (χ1v) is 12.2. The van der Waals surface area contributed by atoms with Crippen molar-refractivity contribution in [3.8, 4) is 0 Å². The molecular weight excluding hydrogens is 523 g/mol. The summed E-state index contributed by atoms with van der Waals surface area (Å²) in [5, 5.41) is 3.34. The zero-order valence-corrected chi connectivity index (χ0v) is 21.1. The zero-order valence-electron chi connectivity index (χ0n) is 20.3. The number of alkyl halides is 3. The Labute approximate surface area is 219 Å². The molecule has 1 aliphatic rings. The summed E-state index contributed by atoms with van der Waals surface area (Å²) in [6, 6.07) is 6.98. The van der Waals surface area contributed by atoms with Gasteiger partial charge in [0.15, 0.2) is 0 Å². The Kier molecular flexibility index (Phi) is 6.38. The Balaban J connectivity index is 1.51. The average Bonchev–Trinajstić information content (AvgIpc) is 3.33. The summed E-state index contributed by atoms with van der Waals surface area (Å²) >= 11 is 5.92. The van der Waals surface area contributed by atoms with Crippen LogP contribution in [0.5, 0.6) is 0 Å². The largest absolute Gasteiger partial charge is 0.416 e. The number of nitrogens with one attached hydrogen (secondary N) is 1. The Bertz CT molecular complexity index is 1570. The maximum Gasteiger partial charge on any atom is 0.416 e. The van der Waals surface area contributed by atoms with Gasteiger partial charge in [0, 0.05) is 11.4 Å². The normalized spacial score (nSPS) is 19.8. The number of carbonyl (C=O) groups excluding carboxylic acids is 2. The molecule has 13 heteroatoms. The van der Waals surface area contributed by atoms with Crippen molar-refractivity contribution < 1.29 is 22.8 Å². The number of pyridine rings is 1. The molecule has 5 rings (SSSR count). The SMILES string of the molecule is C[C@@H]1[C@@H](C)C[C@@H](C(=O)Nc2cccc(Cl)n2)N1C(=O)Cn1c2ccc(C(F)(F)F)cc2c2c(N)ncnc21. The van der Waals surface area contributed by atoms with Gasteiger partial charge in [0.25, 0.3) is 0 Å². The molecule has 4 heterocycles. The van der Waals surface area contributed by atoms with Gasteiger partial charge >= 0.3 is 6.18 Å². The number of carbonyl (C=O) groups is 2. The summed E-state index contributed by atoms with van der Waals surface area (Å²) in [7, 11) is 0. The molecule has 3 aromatic heterocycles. The first-order valence-electron chi connectivity index (χ1n) is 11.8. The fourth-order valence-electron chi connectivity index (χ4n) is 5.03. The topological polar surface area (TPSA) is 119 Å². The second-order valence-electron chi connectivity index (χ2n) is 9.38. The number of amides is 2. The molecule has 0 unspecified atom stereocenters. The van der Waals surface area contributed by atoms with E-state index in [4.69, 9.17) is 17.3 Å². The van der Waals surface area contributed by atoms with Crippen molar-refractivity contribution >= 4 is 57.0 Å². The van der Waals surface area contributed by atoms with E-state index < -0.39 is 29.6 Å². The Morgan fingerprint density at radius 3 is 2.66 bits per heavy atom. The van der Waals surface area contributed by atoms with Crippen molar-refractivity contribution in [1.29, 1.82) is 0 Å². The monoisotopic (exact) mass is 545 g/mol.